The highest BCUT2D eigenvalue weighted by Crippen LogP contribution is 2.50. The molecule has 1 aromatic carbocycles. The van der Waals surface area contributed by atoms with E-state index in [1.807, 2.05) is 37.3 Å². The number of amides is 1. The van der Waals surface area contributed by atoms with Crippen molar-refractivity contribution in [3.8, 4) is 17.2 Å². The molecule has 2 aliphatic rings. The van der Waals surface area contributed by atoms with Crippen molar-refractivity contribution < 1.29 is 4.79 Å². The molecule has 1 saturated heterocycles. The Balaban J connectivity index is 1.52. The molecule has 1 unspecified atom stereocenters. The molecular formula is C23H20N6OS. The first-order valence-electron chi connectivity index (χ1n) is 10.1. The first kappa shape index (κ1) is 19.5. The average Bonchev–Trinajstić information content (AvgIpc) is 3.01. The van der Waals surface area contributed by atoms with Gasteiger partial charge in [-0.2, -0.15) is 5.26 Å². The van der Waals surface area contributed by atoms with E-state index in [-0.39, 0.29) is 5.91 Å². The van der Waals surface area contributed by atoms with Crippen molar-refractivity contribution in [3.05, 3.63) is 66.5 Å². The fraction of sp³-hybridized carbons (Fsp3) is 0.261. The summed E-state index contributed by atoms with van der Waals surface area (Å²) < 4.78 is 0. The summed E-state index contributed by atoms with van der Waals surface area (Å²) in [5.74, 6) is 0.0326. The van der Waals surface area contributed by atoms with Crippen molar-refractivity contribution in [2.45, 2.75) is 37.2 Å². The topological polar surface area (TPSA) is 86.0 Å². The minimum absolute atomic E-state index is 0.0326. The molecule has 154 valence electrons. The zero-order chi connectivity index (χ0) is 21.6. The summed E-state index contributed by atoms with van der Waals surface area (Å²) in [5, 5.41) is 9.18. The quantitative estimate of drug-likeness (QED) is 0.640. The second kappa shape index (κ2) is 7.36. The van der Waals surface area contributed by atoms with E-state index in [0.29, 0.717) is 11.4 Å². The molecule has 1 aliphatic heterocycles. The minimum atomic E-state index is -0.592. The minimum Gasteiger partial charge on any atom is -0.328 e. The van der Waals surface area contributed by atoms with Crippen molar-refractivity contribution >= 4 is 29.9 Å². The molecule has 1 amide bonds. The normalized spacial score (nSPS) is 19.4. The number of carbonyl (C=O) groups excluding carboxylic acids is 1. The number of benzene rings is 1. The number of nitrogens with zero attached hydrogens (tertiary/aromatic N) is 6. The second-order valence-corrected chi connectivity index (χ2v) is 8.38. The molecule has 31 heavy (non-hydrogen) atoms. The summed E-state index contributed by atoms with van der Waals surface area (Å²) in [7, 11) is 0. The van der Waals surface area contributed by atoms with Crippen molar-refractivity contribution in [2.24, 2.45) is 0 Å². The van der Waals surface area contributed by atoms with Gasteiger partial charge in [0.2, 0.25) is 0 Å². The van der Waals surface area contributed by atoms with Gasteiger partial charge in [-0.05, 0) is 55.5 Å². The predicted molar refractivity (Wildman–Crippen MR) is 120 cm³/mol. The lowest BCUT2D eigenvalue weighted by molar-refractivity contribution is -0.124. The standard InChI is InChI=1S/C23H20N6OS/c1-15-9-19(13-27-20(15)10-24)28-21(30)23(7-2-8-23)29(22(28)31)18-5-3-16(4-6-18)17-11-25-14-26-12-17/h3-6,9,11-14,22,31H,2,7-8H2,1H3. The lowest BCUT2D eigenvalue weighted by atomic mass is 9.75. The van der Waals surface area contributed by atoms with E-state index in [1.54, 1.807) is 23.5 Å². The molecule has 1 spiro atoms. The highest BCUT2D eigenvalue weighted by Gasteiger charge is 2.60. The third-order valence-electron chi connectivity index (χ3n) is 6.21. The number of aryl methyl sites for hydroxylation is 1. The Morgan fingerprint density at radius 1 is 1.10 bits per heavy atom. The van der Waals surface area contributed by atoms with Gasteiger partial charge in [-0.3, -0.25) is 9.69 Å². The summed E-state index contributed by atoms with van der Waals surface area (Å²) in [4.78, 5) is 29.8. The van der Waals surface area contributed by atoms with Crippen molar-refractivity contribution in [1.82, 2.24) is 15.0 Å². The van der Waals surface area contributed by atoms with Crippen LogP contribution in [0, 0.1) is 18.3 Å². The van der Waals surface area contributed by atoms with Crippen LogP contribution >= 0.6 is 12.6 Å². The van der Waals surface area contributed by atoms with Gasteiger partial charge < -0.3 is 4.90 Å². The molecule has 5 rings (SSSR count). The largest absolute Gasteiger partial charge is 0.328 e. The van der Waals surface area contributed by atoms with Gasteiger partial charge >= 0.3 is 0 Å². The molecule has 7 nitrogen and oxygen atoms in total. The van der Waals surface area contributed by atoms with Crippen LogP contribution in [0.5, 0.6) is 0 Å². The molecule has 1 aliphatic carbocycles. The summed E-state index contributed by atoms with van der Waals surface area (Å²) in [5.41, 5.74) is 3.59. The molecule has 0 bridgehead atoms. The third-order valence-corrected chi connectivity index (χ3v) is 6.67. The summed E-state index contributed by atoms with van der Waals surface area (Å²) >= 11 is 4.86. The Hall–Kier alpha value is -3.44. The third kappa shape index (κ3) is 2.96. The fourth-order valence-electron chi connectivity index (χ4n) is 4.44. The highest BCUT2D eigenvalue weighted by atomic mass is 32.1. The Morgan fingerprint density at radius 3 is 2.39 bits per heavy atom. The number of anilines is 2. The van der Waals surface area contributed by atoms with E-state index in [2.05, 4.69) is 25.9 Å². The first-order chi connectivity index (χ1) is 15.0. The van der Waals surface area contributed by atoms with Gasteiger partial charge in [0.05, 0.1) is 11.9 Å². The van der Waals surface area contributed by atoms with Crippen LogP contribution in [0.4, 0.5) is 11.4 Å². The SMILES string of the molecule is Cc1cc(N2C(=O)C3(CCC3)N(c3ccc(-c4cncnc4)cc3)C2S)cnc1C#N. The number of aromatic nitrogens is 3. The molecule has 1 atom stereocenters. The molecule has 8 heteroatoms. The van der Waals surface area contributed by atoms with Crippen LogP contribution in [0.3, 0.4) is 0 Å². The van der Waals surface area contributed by atoms with E-state index >= 15 is 0 Å². The zero-order valence-corrected chi connectivity index (χ0v) is 17.8. The molecule has 0 N–H and O–H groups in total. The van der Waals surface area contributed by atoms with Gasteiger partial charge in [-0.1, -0.05) is 12.1 Å². The van der Waals surface area contributed by atoms with Gasteiger partial charge in [-0.15, -0.1) is 12.6 Å². The average molecular weight is 429 g/mol. The van der Waals surface area contributed by atoms with Gasteiger partial charge in [0, 0.05) is 23.6 Å². The van der Waals surface area contributed by atoms with E-state index in [1.165, 1.54) is 6.33 Å². The number of hydrogen-bond donors (Lipinski definition) is 1. The smallest absolute Gasteiger partial charge is 0.255 e. The number of rotatable bonds is 3. The maximum atomic E-state index is 13.6. The van der Waals surface area contributed by atoms with Crippen LogP contribution in [0.1, 0.15) is 30.5 Å². The van der Waals surface area contributed by atoms with Crippen LogP contribution in [-0.2, 0) is 4.79 Å². The summed E-state index contributed by atoms with van der Waals surface area (Å²) in [6, 6.07) is 12.0. The maximum absolute atomic E-state index is 13.6. The van der Waals surface area contributed by atoms with Gasteiger partial charge in [-0.25, -0.2) is 15.0 Å². The monoisotopic (exact) mass is 428 g/mol. The number of hydrogen-bond acceptors (Lipinski definition) is 7. The number of thiol groups is 1. The van der Waals surface area contributed by atoms with E-state index in [0.717, 1.165) is 41.6 Å². The lowest BCUT2D eigenvalue weighted by Crippen LogP contribution is -2.55. The van der Waals surface area contributed by atoms with Gasteiger partial charge in [0.25, 0.3) is 5.91 Å². The van der Waals surface area contributed by atoms with Crippen molar-refractivity contribution in [3.63, 3.8) is 0 Å². The Morgan fingerprint density at radius 2 is 1.81 bits per heavy atom. The molecule has 1 saturated carbocycles. The van der Waals surface area contributed by atoms with E-state index in [9.17, 15) is 10.1 Å². The summed E-state index contributed by atoms with van der Waals surface area (Å²) in [6.45, 7) is 1.83. The Kier molecular flexibility index (Phi) is 4.63. The van der Waals surface area contributed by atoms with Crippen LogP contribution < -0.4 is 9.80 Å². The highest BCUT2D eigenvalue weighted by molar-refractivity contribution is 7.81. The molecular weight excluding hydrogens is 408 g/mol. The molecule has 3 aromatic rings. The van der Waals surface area contributed by atoms with Crippen LogP contribution in [0.25, 0.3) is 11.1 Å². The molecule has 2 fully saturated rings. The van der Waals surface area contributed by atoms with Gasteiger partial charge in [0.15, 0.2) is 5.50 Å². The molecule has 3 heterocycles. The first-order valence-corrected chi connectivity index (χ1v) is 10.6. The van der Waals surface area contributed by atoms with Crippen molar-refractivity contribution in [1.29, 1.82) is 5.26 Å². The van der Waals surface area contributed by atoms with Crippen molar-refractivity contribution in [2.75, 3.05) is 9.80 Å². The van der Waals surface area contributed by atoms with E-state index in [4.69, 9.17) is 12.6 Å². The predicted octanol–water partition coefficient (Wildman–Crippen LogP) is 3.71. The number of carbonyl (C=O) groups is 1. The van der Waals surface area contributed by atoms with Crippen LogP contribution in [0.15, 0.2) is 55.2 Å². The molecule has 0 radical (unpaired) electrons. The van der Waals surface area contributed by atoms with Crippen LogP contribution in [-0.4, -0.2) is 31.9 Å². The Labute approximate surface area is 185 Å². The fourth-order valence-corrected chi connectivity index (χ4v) is 5.03. The summed E-state index contributed by atoms with van der Waals surface area (Å²) in [6.07, 6.45) is 9.22. The van der Waals surface area contributed by atoms with Gasteiger partial charge in [0.1, 0.15) is 23.6 Å². The van der Waals surface area contributed by atoms with E-state index < -0.39 is 11.0 Å². The maximum Gasteiger partial charge on any atom is 0.255 e. The van der Waals surface area contributed by atoms with Crippen LogP contribution in [0.2, 0.25) is 0 Å². The molecule has 2 aromatic heterocycles. The number of nitriles is 1. The zero-order valence-electron chi connectivity index (χ0n) is 16.9. The Bertz CT molecular complexity index is 1190. The second-order valence-electron chi connectivity index (χ2n) is 7.92. The number of pyridine rings is 1. The lowest BCUT2D eigenvalue weighted by Gasteiger charge is -2.44.